The molecule has 0 atom stereocenters. The molecule has 2 aromatic heterocycles. The van der Waals surface area contributed by atoms with Gasteiger partial charge in [0.2, 0.25) is 0 Å². The Morgan fingerprint density at radius 1 is 1.03 bits per heavy atom. The normalized spacial score (nSPS) is 15.7. The number of rotatable bonds is 4. The van der Waals surface area contributed by atoms with Crippen molar-refractivity contribution < 1.29 is 4.42 Å². The number of hydrogen-bond acceptors (Lipinski definition) is 5. The minimum atomic E-state index is 0.918. The van der Waals surface area contributed by atoms with Gasteiger partial charge in [0.1, 0.15) is 5.01 Å². The number of furan rings is 1. The monoisotopic (exact) mass is 403 g/mol. The fraction of sp³-hybridized carbons (Fsp3) is 0.292. The molecule has 1 aliphatic heterocycles. The second kappa shape index (κ2) is 8.01. The Bertz CT molecular complexity index is 1120. The number of aromatic nitrogens is 1. The van der Waals surface area contributed by atoms with Crippen molar-refractivity contribution in [1.29, 1.82) is 0 Å². The number of anilines is 1. The van der Waals surface area contributed by atoms with Crippen molar-refractivity contribution in [3.8, 4) is 10.6 Å². The summed E-state index contributed by atoms with van der Waals surface area (Å²) in [5, 5.41) is 4.50. The molecule has 4 nitrogen and oxygen atoms in total. The van der Waals surface area contributed by atoms with Crippen LogP contribution < -0.4 is 4.90 Å². The molecular formula is C24H25N3OS. The zero-order valence-electron chi connectivity index (χ0n) is 16.7. The Kier molecular flexibility index (Phi) is 5.08. The number of hydrogen-bond donors (Lipinski definition) is 0. The van der Waals surface area contributed by atoms with Crippen molar-refractivity contribution in [3.63, 3.8) is 0 Å². The summed E-state index contributed by atoms with van der Waals surface area (Å²) in [5.41, 5.74) is 5.88. The number of aryl methyl sites for hydroxylation is 1. The molecule has 5 rings (SSSR count). The second-order valence-electron chi connectivity index (χ2n) is 7.75. The Morgan fingerprint density at radius 3 is 2.90 bits per heavy atom. The number of nitrogens with zero attached hydrogens (tertiary/aromatic N) is 3. The predicted octanol–water partition coefficient (Wildman–Crippen LogP) is 5.58. The van der Waals surface area contributed by atoms with E-state index in [9.17, 15) is 0 Å². The highest BCUT2D eigenvalue weighted by Crippen LogP contribution is 2.29. The van der Waals surface area contributed by atoms with Crippen LogP contribution in [-0.4, -0.2) is 36.1 Å². The van der Waals surface area contributed by atoms with E-state index in [0.717, 1.165) is 49.7 Å². The number of fused-ring (bicyclic) bond motifs is 1. The molecule has 1 saturated heterocycles. The van der Waals surface area contributed by atoms with Crippen LogP contribution in [0.1, 0.15) is 17.7 Å². The largest absolute Gasteiger partial charge is 0.462 e. The molecule has 5 heteroatoms. The summed E-state index contributed by atoms with van der Waals surface area (Å²) in [6.07, 6.45) is 2.93. The molecule has 2 aromatic carbocycles. The standard InChI is InChI=1S/C24H25N3OS/c1-18-5-2-7-20(15-18)24-25-21(17-29-24)16-26-10-4-11-27(13-12-26)22-8-3-6-19-9-14-28-23(19)22/h2-3,5-9,14-15,17H,4,10-13,16H2,1H3. The van der Waals surface area contributed by atoms with E-state index >= 15 is 0 Å². The van der Waals surface area contributed by atoms with E-state index in [1.807, 2.05) is 6.07 Å². The van der Waals surface area contributed by atoms with Crippen molar-refractivity contribution in [2.45, 2.75) is 19.9 Å². The van der Waals surface area contributed by atoms with Crippen molar-refractivity contribution >= 4 is 28.0 Å². The van der Waals surface area contributed by atoms with Crippen molar-refractivity contribution in [2.75, 3.05) is 31.1 Å². The zero-order chi connectivity index (χ0) is 19.6. The first kappa shape index (κ1) is 18.4. The summed E-state index contributed by atoms with van der Waals surface area (Å²) >= 11 is 1.74. The molecule has 1 aliphatic rings. The van der Waals surface area contributed by atoms with Gasteiger partial charge in [-0.05, 0) is 31.5 Å². The van der Waals surface area contributed by atoms with Crippen LogP contribution in [0.25, 0.3) is 21.5 Å². The highest BCUT2D eigenvalue weighted by molar-refractivity contribution is 7.13. The van der Waals surface area contributed by atoms with Crippen molar-refractivity contribution in [3.05, 3.63) is 71.4 Å². The van der Waals surface area contributed by atoms with Gasteiger partial charge in [-0.2, -0.15) is 0 Å². The number of thiazole rings is 1. The smallest absolute Gasteiger partial charge is 0.157 e. The molecule has 0 aliphatic carbocycles. The summed E-state index contributed by atoms with van der Waals surface area (Å²) in [6, 6.07) is 17.0. The van der Waals surface area contributed by atoms with Gasteiger partial charge >= 0.3 is 0 Å². The van der Waals surface area contributed by atoms with Gasteiger partial charge in [0.05, 0.1) is 17.6 Å². The van der Waals surface area contributed by atoms with E-state index in [-0.39, 0.29) is 0 Å². The lowest BCUT2D eigenvalue weighted by Gasteiger charge is -2.23. The maximum atomic E-state index is 5.75. The molecule has 0 unspecified atom stereocenters. The van der Waals surface area contributed by atoms with E-state index in [4.69, 9.17) is 9.40 Å². The molecule has 0 bridgehead atoms. The Labute approximate surface area is 175 Å². The SMILES string of the molecule is Cc1cccc(-c2nc(CN3CCCN(c4cccc5ccoc45)CC3)cs2)c1. The summed E-state index contributed by atoms with van der Waals surface area (Å²) in [5.74, 6) is 0. The van der Waals surface area contributed by atoms with Crippen LogP contribution in [0.3, 0.4) is 0 Å². The molecule has 4 aromatic rings. The first-order valence-corrected chi connectivity index (χ1v) is 11.1. The third-order valence-electron chi connectivity index (χ3n) is 5.59. The minimum Gasteiger partial charge on any atom is -0.462 e. The fourth-order valence-electron chi connectivity index (χ4n) is 4.12. The van der Waals surface area contributed by atoms with Gasteiger partial charge in [0.25, 0.3) is 0 Å². The molecule has 1 fully saturated rings. The predicted molar refractivity (Wildman–Crippen MR) is 121 cm³/mol. The van der Waals surface area contributed by atoms with Crippen LogP contribution >= 0.6 is 11.3 Å². The minimum absolute atomic E-state index is 0.918. The number of para-hydroxylation sites is 1. The third kappa shape index (κ3) is 3.93. The van der Waals surface area contributed by atoms with Gasteiger partial charge < -0.3 is 9.32 Å². The van der Waals surface area contributed by atoms with Crippen molar-refractivity contribution in [1.82, 2.24) is 9.88 Å². The Balaban J connectivity index is 1.27. The molecule has 3 heterocycles. The molecule has 0 spiro atoms. The molecule has 29 heavy (non-hydrogen) atoms. The summed E-state index contributed by atoms with van der Waals surface area (Å²) in [7, 11) is 0. The lowest BCUT2D eigenvalue weighted by Crippen LogP contribution is -2.30. The fourth-order valence-corrected chi connectivity index (χ4v) is 4.92. The zero-order valence-corrected chi connectivity index (χ0v) is 17.5. The quantitative estimate of drug-likeness (QED) is 0.445. The molecule has 0 saturated carbocycles. The van der Waals surface area contributed by atoms with Gasteiger partial charge in [-0.15, -0.1) is 11.3 Å². The van der Waals surface area contributed by atoms with Crippen LogP contribution in [0.5, 0.6) is 0 Å². The van der Waals surface area contributed by atoms with Gasteiger partial charge in [-0.1, -0.05) is 35.9 Å². The highest BCUT2D eigenvalue weighted by Gasteiger charge is 2.19. The van der Waals surface area contributed by atoms with E-state index in [1.54, 1.807) is 17.6 Å². The maximum absolute atomic E-state index is 5.75. The Hall–Kier alpha value is -2.63. The Morgan fingerprint density at radius 2 is 1.97 bits per heavy atom. The van der Waals surface area contributed by atoms with Gasteiger partial charge in [0.15, 0.2) is 5.58 Å². The summed E-state index contributed by atoms with van der Waals surface area (Å²) < 4.78 is 5.75. The van der Waals surface area contributed by atoms with Gasteiger partial charge in [0, 0.05) is 49.1 Å². The number of benzene rings is 2. The molecule has 0 amide bonds. The summed E-state index contributed by atoms with van der Waals surface area (Å²) in [6.45, 7) is 7.25. The first-order chi connectivity index (χ1) is 14.3. The summed E-state index contributed by atoms with van der Waals surface area (Å²) in [4.78, 5) is 9.89. The lowest BCUT2D eigenvalue weighted by molar-refractivity contribution is 0.282. The van der Waals surface area contributed by atoms with E-state index in [1.165, 1.54) is 27.9 Å². The average Bonchev–Trinajstić information content (AvgIpc) is 3.34. The maximum Gasteiger partial charge on any atom is 0.157 e. The van der Waals surface area contributed by atoms with Crippen molar-refractivity contribution in [2.24, 2.45) is 0 Å². The molecular weight excluding hydrogens is 378 g/mol. The van der Waals surface area contributed by atoms with E-state index in [2.05, 4.69) is 64.6 Å². The van der Waals surface area contributed by atoms with Crippen LogP contribution in [0.4, 0.5) is 5.69 Å². The van der Waals surface area contributed by atoms with Gasteiger partial charge in [-0.3, -0.25) is 4.90 Å². The average molecular weight is 404 g/mol. The highest BCUT2D eigenvalue weighted by atomic mass is 32.1. The van der Waals surface area contributed by atoms with Crippen LogP contribution in [0, 0.1) is 6.92 Å². The van der Waals surface area contributed by atoms with E-state index in [0.29, 0.717) is 0 Å². The van der Waals surface area contributed by atoms with Gasteiger partial charge in [-0.25, -0.2) is 4.98 Å². The molecule has 0 N–H and O–H groups in total. The molecule has 148 valence electrons. The van der Waals surface area contributed by atoms with E-state index < -0.39 is 0 Å². The molecule has 0 radical (unpaired) electrons. The van der Waals surface area contributed by atoms with Crippen LogP contribution in [-0.2, 0) is 6.54 Å². The lowest BCUT2D eigenvalue weighted by atomic mass is 10.1. The third-order valence-corrected chi connectivity index (χ3v) is 6.53. The van der Waals surface area contributed by atoms with Crippen LogP contribution in [0.2, 0.25) is 0 Å². The topological polar surface area (TPSA) is 32.5 Å². The van der Waals surface area contributed by atoms with Crippen LogP contribution in [0.15, 0.2) is 64.6 Å². The first-order valence-electron chi connectivity index (χ1n) is 10.2. The second-order valence-corrected chi connectivity index (χ2v) is 8.60.